The number of esters is 1. The van der Waals surface area contributed by atoms with Crippen molar-refractivity contribution < 1.29 is 9.53 Å². The van der Waals surface area contributed by atoms with E-state index in [-0.39, 0.29) is 11.9 Å². The Kier molecular flexibility index (Phi) is 7.30. The molecular weight excluding hydrogens is 212 g/mol. The number of carbonyl (C=O) groups is 1. The van der Waals surface area contributed by atoms with Gasteiger partial charge in [-0.3, -0.25) is 4.79 Å². The Morgan fingerprint density at radius 3 is 2.29 bits per heavy atom. The molecule has 0 radical (unpaired) electrons. The zero-order valence-electron chi connectivity index (χ0n) is 11.5. The van der Waals surface area contributed by atoms with Gasteiger partial charge in [0.2, 0.25) is 0 Å². The minimum absolute atomic E-state index is 0.0624. The van der Waals surface area contributed by atoms with Crippen molar-refractivity contribution in [1.29, 1.82) is 0 Å². The first-order valence-corrected chi connectivity index (χ1v) is 7.44. The summed E-state index contributed by atoms with van der Waals surface area (Å²) in [5.41, 5.74) is 0. The molecule has 1 aliphatic carbocycles. The van der Waals surface area contributed by atoms with Gasteiger partial charge in [-0.2, -0.15) is 0 Å². The molecule has 1 aliphatic rings. The van der Waals surface area contributed by atoms with Gasteiger partial charge in [-0.25, -0.2) is 0 Å². The van der Waals surface area contributed by atoms with Gasteiger partial charge >= 0.3 is 5.97 Å². The van der Waals surface area contributed by atoms with Crippen molar-refractivity contribution >= 4 is 5.97 Å². The van der Waals surface area contributed by atoms with Crippen molar-refractivity contribution in [3.05, 3.63) is 0 Å². The van der Waals surface area contributed by atoms with Gasteiger partial charge in [0, 0.05) is 0 Å². The maximum absolute atomic E-state index is 11.8. The molecule has 0 aromatic carbocycles. The number of unbranched alkanes of at least 4 members (excludes halogenated alkanes) is 2. The van der Waals surface area contributed by atoms with Crippen LogP contribution >= 0.6 is 0 Å². The molecule has 0 N–H and O–H groups in total. The van der Waals surface area contributed by atoms with Crippen LogP contribution in [0.4, 0.5) is 0 Å². The normalized spacial score (nSPS) is 24.6. The second-order valence-corrected chi connectivity index (χ2v) is 5.38. The van der Waals surface area contributed by atoms with Crippen LogP contribution in [0.1, 0.15) is 71.6 Å². The molecule has 2 nitrogen and oxygen atoms in total. The van der Waals surface area contributed by atoms with Crippen molar-refractivity contribution in [2.75, 3.05) is 6.61 Å². The van der Waals surface area contributed by atoms with Gasteiger partial charge in [-0.05, 0) is 38.0 Å². The van der Waals surface area contributed by atoms with E-state index in [1.54, 1.807) is 0 Å². The molecule has 0 amide bonds. The van der Waals surface area contributed by atoms with Crippen LogP contribution in [0.3, 0.4) is 0 Å². The molecule has 0 aromatic rings. The molecule has 0 aliphatic heterocycles. The second-order valence-electron chi connectivity index (χ2n) is 5.38. The van der Waals surface area contributed by atoms with Gasteiger partial charge in [0.15, 0.2) is 0 Å². The van der Waals surface area contributed by atoms with Crippen LogP contribution in [0, 0.1) is 11.8 Å². The lowest BCUT2D eigenvalue weighted by Crippen LogP contribution is -2.24. The maximum Gasteiger partial charge on any atom is 0.308 e. The summed E-state index contributed by atoms with van der Waals surface area (Å²) in [6, 6.07) is 0. The second kappa shape index (κ2) is 8.54. The molecule has 0 aromatic heterocycles. The standard InChI is InChI=1S/C15H28O2/c1-3-5-7-13-8-10-14(11-9-13)15(16)17-12-6-4-2/h13-14H,3-12H2,1-2H3. The zero-order chi connectivity index (χ0) is 12.5. The molecule has 1 rings (SSSR count). The summed E-state index contributed by atoms with van der Waals surface area (Å²) in [5, 5.41) is 0. The molecule has 0 atom stereocenters. The lowest BCUT2D eigenvalue weighted by atomic mass is 9.80. The number of rotatable bonds is 7. The van der Waals surface area contributed by atoms with E-state index < -0.39 is 0 Å². The Hall–Kier alpha value is -0.530. The summed E-state index contributed by atoms with van der Waals surface area (Å²) in [6.07, 6.45) is 10.7. The van der Waals surface area contributed by atoms with Gasteiger partial charge < -0.3 is 4.74 Å². The number of hydrogen-bond donors (Lipinski definition) is 0. The molecule has 0 spiro atoms. The minimum atomic E-state index is 0.0624. The van der Waals surface area contributed by atoms with E-state index in [9.17, 15) is 4.79 Å². The smallest absolute Gasteiger partial charge is 0.308 e. The van der Waals surface area contributed by atoms with Gasteiger partial charge in [0.25, 0.3) is 0 Å². The molecule has 0 saturated heterocycles. The summed E-state index contributed by atoms with van der Waals surface area (Å²) in [5.74, 6) is 1.13. The van der Waals surface area contributed by atoms with Crippen LogP contribution < -0.4 is 0 Å². The van der Waals surface area contributed by atoms with Crippen LogP contribution in [-0.4, -0.2) is 12.6 Å². The third-order valence-corrected chi connectivity index (χ3v) is 3.89. The first-order chi connectivity index (χ1) is 8.27. The van der Waals surface area contributed by atoms with Gasteiger partial charge in [0.1, 0.15) is 0 Å². The molecule has 17 heavy (non-hydrogen) atoms. The fourth-order valence-corrected chi connectivity index (χ4v) is 2.61. The van der Waals surface area contributed by atoms with Crippen LogP contribution in [0.25, 0.3) is 0 Å². The number of carbonyl (C=O) groups excluding carboxylic acids is 1. The Bertz CT molecular complexity index is 205. The van der Waals surface area contributed by atoms with E-state index in [4.69, 9.17) is 4.74 Å². The third kappa shape index (κ3) is 5.56. The molecule has 1 saturated carbocycles. The van der Waals surface area contributed by atoms with Crippen molar-refractivity contribution in [3.63, 3.8) is 0 Å². The lowest BCUT2D eigenvalue weighted by Gasteiger charge is -2.27. The molecular formula is C15H28O2. The van der Waals surface area contributed by atoms with Crippen LogP contribution in [-0.2, 0) is 9.53 Å². The highest BCUT2D eigenvalue weighted by Crippen LogP contribution is 2.32. The van der Waals surface area contributed by atoms with Crippen molar-refractivity contribution in [2.24, 2.45) is 11.8 Å². The summed E-state index contributed by atoms with van der Waals surface area (Å²) < 4.78 is 5.30. The zero-order valence-corrected chi connectivity index (χ0v) is 11.5. The van der Waals surface area contributed by atoms with Crippen molar-refractivity contribution in [1.82, 2.24) is 0 Å². The first kappa shape index (κ1) is 14.5. The van der Waals surface area contributed by atoms with Crippen LogP contribution in [0.2, 0.25) is 0 Å². The Morgan fingerprint density at radius 2 is 1.71 bits per heavy atom. The van der Waals surface area contributed by atoms with Crippen LogP contribution in [0.15, 0.2) is 0 Å². The van der Waals surface area contributed by atoms with Gasteiger partial charge in [0.05, 0.1) is 12.5 Å². The molecule has 1 fully saturated rings. The molecule has 0 bridgehead atoms. The summed E-state index contributed by atoms with van der Waals surface area (Å²) in [6.45, 7) is 4.98. The van der Waals surface area contributed by atoms with E-state index in [0.717, 1.165) is 31.6 Å². The molecule has 2 heteroatoms. The first-order valence-electron chi connectivity index (χ1n) is 7.44. The molecule has 0 unspecified atom stereocenters. The van der Waals surface area contributed by atoms with Crippen LogP contribution in [0.5, 0.6) is 0 Å². The van der Waals surface area contributed by atoms with Crippen molar-refractivity contribution in [3.8, 4) is 0 Å². The minimum Gasteiger partial charge on any atom is -0.465 e. The number of hydrogen-bond acceptors (Lipinski definition) is 2. The van der Waals surface area contributed by atoms with E-state index >= 15 is 0 Å². The van der Waals surface area contributed by atoms with E-state index in [1.165, 1.54) is 32.1 Å². The van der Waals surface area contributed by atoms with Gasteiger partial charge in [-0.1, -0.05) is 39.5 Å². The fourth-order valence-electron chi connectivity index (χ4n) is 2.61. The third-order valence-electron chi connectivity index (χ3n) is 3.89. The highest BCUT2D eigenvalue weighted by atomic mass is 16.5. The topological polar surface area (TPSA) is 26.3 Å². The Balaban J connectivity index is 2.15. The lowest BCUT2D eigenvalue weighted by molar-refractivity contribution is -0.150. The predicted octanol–water partition coefficient (Wildman–Crippen LogP) is 4.33. The van der Waals surface area contributed by atoms with Gasteiger partial charge in [-0.15, -0.1) is 0 Å². The van der Waals surface area contributed by atoms with E-state index in [2.05, 4.69) is 13.8 Å². The summed E-state index contributed by atoms with van der Waals surface area (Å²) >= 11 is 0. The highest BCUT2D eigenvalue weighted by Gasteiger charge is 2.26. The maximum atomic E-state index is 11.8. The van der Waals surface area contributed by atoms with E-state index in [1.807, 2.05) is 0 Å². The largest absolute Gasteiger partial charge is 0.465 e. The monoisotopic (exact) mass is 240 g/mol. The summed E-state index contributed by atoms with van der Waals surface area (Å²) in [4.78, 5) is 11.8. The molecule has 100 valence electrons. The SMILES string of the molecule is CCCCOC(=O)C1CCC(CCCC)CC1. The Labute approximate surface area is 106 Å². The fraction of sp³-hybridized carbons (Fsp3) is 0.933. The molecule has 0 heterocycles. The van der Waals surface area contributed by atoms with E-state index in [0.29, 0.717) is 6.61 Å². The van der Waals surface area contributed by atoms with Crippen molar-refractivity contribution in [2.45, 2.75) is 71.6 Å². The highest BCUT2D eigenvalue weighted by molar-refractivity contribution is 5.72. The predicted molar refractivity (Wildman–Crippen MR) is 70.8 cm³/mol. The average molecular weight is 240 g/mol. The Morgan fingerprint density at radius 1 is 1.06 bits per heavy atom. The average Bonchev–Trinajstić information content (AvgIpc) is 2.37. The quantitative estimate of drug-likeness (QED) is 0.489. The summed E-state index contributed by atoms with van der Waals surface area (Å²) in [7, 11) is 0. The number of ether oxygens (including phenoxy) is 1.